The largest absolute Gasteiger partial charge is 0.491 e. The highest BCUT2D eigenvalue weighted by atomic mass is 16.5. The molecule has 1 aromatic rings. The van der Waals surface area contributed by atoms with Gasteiger partial charge in [-0.1, -0.05) is 6.07 Å². The molecule has 0 heterocycles. The molecular weight excluding hydrogens is 256 g/mol. The van der Waals surface area contributed by atoms with Crippen LogP contribution in [0.4, 0.5) is 0 Å². The zero-order valence-corrected chi connectivity index (χ0v) is 12.6. The fraction of sp³-hybridized carbons (Fsp3) is 0.533. The van der Waals surface area contributed by atoms with E-state index in [1.807, 2.05) is 26.0 Å². The average molecular weight is 280 g/mol. The van der Waals surface area contributed by atoms with Gasteiger partial charge in [0.2, 0.25) is 5.91 Å². The van der Waals surface area contributed by atoms with Crippen molar-refractivity contribution >= 4 is 5.91 Å². The first-order valence-corrected chi connectivity index (χ1v) is 6.68. The molecule has 1 unspecified atom stereocenters. The van der Waals surface area contributed by atoms with Gasteiger partial charge in [0.05, 0.1) is 6.54 Å². The van der Waals surface area contributed by atoms with Crippen LogP contribution in [0.25, 0.3) is 0 Å². The van der Waals surface area contributed by atoms with Crippen molar-refractivity contribution < 1.29 is 14.6 Å². The zero-order chi connectivity index (χ0) is 15.1. The molecule has 0 saturated carbocycles. The Labute approximate surface area is 120 Å². The second-order valence-electron chi connectivity index (χ2n) is 5.21. The zero-order valence-electron chi connectivity index (χ0n) is 12.6. The van der Waals surface area contributed by atoms with Gasteiger partial charge in [-0.25, -0.2) is 0 Å². The maximum Gasteiger partial charge on any atom is 0.236 e. The van der Waals surface area contributed by atoms with Crippen molar-refractivity contribution in [3.63, 3.8) is 0 Å². The standard InChI is InChI=1S/C15H24N2O3/c1-11-5-12(2)7-14(6-11)20-10-13(18)8-16-9-15(19)17(3)4/h5-7,13,16,18H,8-10H2,1-4H3. The van der Waals surface area contributed by atoms with Crippen molar-refractivity contribution in [2.45, 2.75) is 20.0 Å². The smallest absolute Gasteiger partial charge is 0.236 e. The first-order valence-electron chi connectivity index (χ1n) is 6.68. The lowest BCUT2D eigenvalue weighted by Crippen LogP contribution is -2.38. The van der Waals surface area contributed by atoms with Gasteiger partial charge in [-0.15, -0.1) is 0 Å². The van der Waals surface area contributed by atoms with Crippen molar-refractivity contribution in [2.75, 3.05) is 33.8 Å². The second-order valence-corrected chi connectivity index (χ2v) is 5.21. The van der Waals surface area contributed by atoms with Crippen molar-refractivity contribution in [3.05, 3.63) is 29.3 Å². The Morgan fingerprint density at radius 3 is 2.45 bits per heavy atom. The van der Waals surface area contributed by atoms with E-state index >= 15 is 0 Å². The molecule has 5 nitrogen and oxygen atoms in total. The molecule has 1 rings (SSSR count). The Hall–Kier alpha value is -1.59. The summed E-state index contributed by atoms with van der Waals surface area (Å²) in [7, 11) is 3.40. The third-order valence-corrected chi connectivity index (χ3v) is 2.79. The molecule has 0 bridgehead atoms. The number of rotatable bonds is 7. The number of carbonyl (C=O) groups is 1. The Bertz CT molecular complexity index is 426. The number of aryl methyl sites for hydroxylation is 2. The van der Waals surface area contributed by atoms with Gasteiger partial charge < -0.3 is 20.1 Å². The molecule has 0 aliphatic heterocycles. The van der Waals surface area contributed by atoms with E-state index < -0.39 is 6.10 Å². The lowest BCUT2D eigenvalue weighted by molar-refractivity contribution is -0.127. The minimum Gasteiger partial charge on any atom is -0.491 e. The van der Waals surface area contributed by atoms with Crippen LogP contribution in [-0.4, -0.2) is 55.8 Å². The number of nitrogens with one attached hydrogen (secondary N) is 1. The summed E-state index contributed by atoms with van der Waals surface area (Å²) in [6.07, 6.45) is -0.647. The van der Waals surface area contributed by atoms with Crippen LogP contribution in [0.1, 0.15) is 11.1 Å². The monoisotopic (exact) mass is 280 g/mol. The molecule has 1 aromatic carbocycles. The maximum atomic E-state index is 11.3. The number of hydrogen-bond acceptors (Lipinski definition) is 4. The molecule has 20 heavy (non-hydrogen) atoms. The first-order chi connectivity index (χ1) is 9.38. The van der Waals surface area contributed by atoms with E-state index in [1.54, 1.807) is 14.1 Å². The predicted octanol–water partition coefficient (Wildman–Crippen LogP) is 0.721. The summed E-state index contributed by atoms with van der Waals surface area (Å²) < 4.78 is 5.55. The van der Waals surface area contributed by atoms with E-state index in [1.165, 1.54) is 4.90 Å². The maximum absolute atomic E-state index is 11.3. The highest BCUT2D eigenvalue weighted by Crippen LogP contribution is 2.16. The van der Waals surface area contributed by atoms with Crippen molar-refractivity contribution in [1.82, 2.24) is 10.2 Å². The van der Waals surface area contributed by atoms with Crippen LogP contribution in [0, 0.1) is 13.8 Å². The molecule has 112 valence electrons. The number of amides is 1. The van der Waals surface area contributed by atoms with Gasteiger partial charge in [-0.3, -0.25) is 4.79 Å². The number of nitrogens with zero attached hydrogens (tertiary/aromatic N) is 1. The molecule has 1 amide bonds. The summed E-state index contributed by atoms with van der Waals surface area (Å²) in [6.45, 7) is 4.75. The molecule has 0 aliphatic rings. The number of aliphatic hydroxyl groups is 1. The normalized spacial score (nSPS) is 12.1. The predicted molar refractivity (Wildman–Crippen MR) is 79.0 cm³/mol. The fourth-order valence-electron chi connectivity index (χ4n) is 1.77. The lowest BCUT2D eigenvalue weighted by Gasteiger charge is -2.15. The van der Waals surface area contributed by atoms with Gasteiger partial charge >= 0.3 is 0 Å². The van der Waals surface area contributed by atoms with Crippen LogP contribution in [-0.2, 0) is 4.79 Å². The average Bonchev–Trinajstić information content (AvgIpc) is 2.35. The van der Waals surface area contributed by atoms with Gasteiger partial charge in [-0.2, -0.15) is 0 Å². The Morgan fingerprint density at radius 2 is 1.90 bits per heavy atom. The van der Waals surface area contributed by atoms with E-state index in [4.69, 9.17) is 4.74 Å². The third-order valence-electron chi connectivity index (χ3n) is 2.79. The fourth-order valence-corrected chi connectivity index (χ4v) is 1.77. The minimum atomic E-state index is -0.647. The van der Waals surface area contributed by atoms with Crippen LogP contribution in [0.2, 0.25) is 0 Å². The number of carbonyl (C=O) groups excluding carboxylic acids is 1. The topological polar surface area (TPSA) is 61.8 Å². The molecular formula is C15H24N2O3. The van der Waals surface area contributed by atoms with E-state index in [-0.39, 0.29) is 19.1 Å². The highest BCUT2D eigenvalue weighted by molar-refractivity contribution is 5.77. The van der Waals surface area contributed by atoms with Crippen LogP contribution in [0.5, 0.6) is 5.75 Å². The van der Waals surface area contributed by atoms with Gasteiger partial charge in [0, 0.05) is 20.6 Å². The van der Waals surface area contributed by atoms with Gasteiger partial charge in [0.15, 0.2) is 0 Å². The van der Waals surface area contributed by atoms with Gasteiger partial charge in [0.1, 0.15) is 18.5 Å². The quantitative estimate of drug-likeness (QED) is 0.772. The summed E-state index contributed by atoms with van der Waals surface area (Å²) in [5, 5.41) is 12.7. The SMILES string of the molecule is Cc1cc(C)cc(OCC(O)CNCC(=O)N(C)C)c1. The number of benzene rings is 1. The van der Waals surface area contributed by atoms with E-state index in [9.17, 15) is 9.90 Å². The third kappa shape index (κ3) is 6.04. The number of likely N-dealkylation sites (N-methyl/N-ethyl adjacent to an activating group) is 1. The number of hydrogen-bond donors (Lipinski definition) is 2. The molecule has 0 fully saturated rings. The second kappa shape index (κ2) is 7.87. The van der Waals surface area contributed by atoms with Gasteiger partial charge in [0.25, 0.3) is 0 Å². The Kier molecular flexibility index (Phi) is 6.48. The number of aliphatic hydroxyl groups excluding tert-OH is 1. The van der Waals surface area contributed by atoms with Crippen molar-refractivity contribution in [1.29, 1.82) is 0 Å². The highest BCUT2D eigenvalue weighted by Gasteiger charge is 2.08. The van der Waals surface area contributed by atoms with Crippen molar-refractivity contribution in [3.8, 4) is 5.75 Å². The minimum absolute atomic E-state index is 0.0209. The van der Waals surface area contributed by atoms with Crippen molar-refractivity contribution in [2.24, 2.45) is 0 Å². The lowest BCUT2D eigenvalue weighted by atomic mass is 10.1. The Balaban J connectivity index is 2.29. The van der Waals surface area contributed by atoms with Crippen LogP contribution in [0.3, 0.4) is 0 Å². The van der Waals surface area contributed by atoms with E-state index in [0.29, 0.717) is 6.54 Å². The molecule has 2 N–H and O–H groups in total. The molecule has 0 aliphatic carbocycles. The Morgan fingerprint density at radius 1 is 1.30 bits per heavy atom. The molecule has 0 saturated heterocycles. The van der Waals surface area contributed by atoms with E-state index in [2.05, 4.69) is 11.4 Å². The number of ether oxygens (including phenoxy) is 1. The molecule has 0 aromatic heterocycles. The summed E-state index contributed by atoms with van der Waals surface area (Å²) >= 11 is 0. The molecule has 5 heteroatoms. The van der Waals surface area contributed by atoms with Crippen LogP contribution in [0.15, 0.2) is 18.2 Å². The van der Waals surface area contributed by atoms with Crippen LogP contribution < -0.4 is 10.1 Å². The summed E-state index contributed by atoms with van der Waals surface area (Å²) in [6, 6.07) is 5.93. The van der Waals surface area contributed by atoms with Gasteiger partial charge in [-0.05, 0) is 37.1 Å². The first kappa shape index (κ1) is 16.5. The van der Waals surface area contributed by atoms with E-state index in [0.717, 1.165) is 16.9 Å². The molecule has 1 atom stereocenters. The summed E-state index contributed by atoms with van der Waals surface area (Å²) in [5.74, 6) is 0.735. The molecule has 0 spiro atoms. The molecule has 0 radical (unpaired) electrons. The summed E-state index contributed by atoms with van der Waals surface area (Å²) in [5.41, 5.74) is 2.26. The summed E-state index contributed by atoms with van der Waals surface area (Å²) in [4.78, 5) is 12.8. The van der Waals surface area contributed by atoms with Crippen LogP contribution >= 0.6 is 0 Å².